The van der Waals surface area contributed by atoms with E-state index in [4.69, 9.17) is 5.11 Å². The molecule has 0 saturated carbocycles. The molecule has 1 aromatic carbocycles. The van der Waals surface area contributed by atoms with E-state index in [9.17, 15) is 4.79 Å². The Hall–Kier alpha value is -1.88. The molecule has 2 heterocycles. The van der Waals surface area contributed by atoms with E-state index in [1.807, 2.05) is 12.1 Å². The van der Waals surface area contributed by atoms with Gasteiger partial charge in [0.2, 0.25) is 0 Å². The van der Waals surface area contributed by atoms with Crippen LogP contribution < -0.4 is 5.32 Å². The van der Waals surface area contributed by atoms with Crippen LogP contribution in [0.4, 0.5) is 0 Å². The van der Waals surface area contributed by atoms with Gasteiger partial charge in [-0.05, 0) is 36.9 Å². The van der Waals surface area contributed by atoms with Gasteiger partial charge in [0.15, 0.2) is 5.69 Å². The van der Waals surface area contributed by atoms with E-state index < -0.39 is 5.97 Å². The van der Waals surface area contributed by atoms with Gasteiger partial charge < -0.3 is 10.4 Å². The second kappa shape index (κ2) is 4.66. The summed E-state index contributed by atoms with van der Waals surface area (Å²) < 4.78 is 1.65. The summed E-state index contributed by atoms with van der Waals surface area (Å²) in [4.78, 5) is 11.1. The summed E-state index contributed by atoms with van der Waals surface area (Å²) in [7, 11) is 1.79. The molecule has 5 heteroatoms. The van der Waals surface area contributed by atoms with Gasteiger partial charge in [-0.3, -0.25) is 4.68 Å². The Labute approximate surface area is 111 Å². The minimum atomic E-state index is -0.974. The summed E-state index contributed by atoms with van der Waals surface area (Å²) >= 11 is 0. The van der Waals surface area contributed by atoms with Crippen LogP contribution in [0.25, 0.3) is 10.9 Å². The lowest BCUT2D eigenvalue weighted by molar-refractivity contribution is 0.0691. The summed E-state index contributed by atoms with van der Waals surface area (Å²) in [6.07, 6.45) is 2.37. The van der Waals surface area contributed by atoms with Crippen molar-refractivity contribution >= 4 is 16.9 Å². The monoisotopic (exact) mass is 259 g/mol. The molecule has 0 aliphatic carbocycles. The number of carbonyl (C=O) groups is 1. The molecule has 5 nitrogen and oxygen atoms in total. The molecule has 100 valence electrons. The van der Waals surface area contributed by atoms with Crippen molar-refractivity contribution in [1.29, 1.82) is 0 Å². The molecular formula is C14H17N3O2. The molecule has 1 unspecified atom stereocenters. The van der Waals surface area contributed by atoms with Crippen LogP contribution in [0.1, 0.15) is 34.8 Å². The van der Waals surface area contributed by atoms with Gasteiger partial charge in [-0.15, -0.1) is 0 Å². The van der Waals surface area contributed by atoms with E-state index in [-0.39, 0.29) is 5.69 Å². The highest BCUT2D eigenvalue weighted by molar-refractivity contribution is 6.01. The number of aryl methyl sites for hydroxylation is 1. The van der Waals surface area contributed by atoms with Gasteiger partial charge in [0.05, 0.1) is 5.52 Å². The highest BCUT2D eigenvalue weighted by Crippen LogP contribution is 2.27. The van der Waals surface area contributed by atoms with Gasteiger partial charge in [-0.1, -0.05) is 12.1 Å². The topological polar surface area (TPSA) is 67.2 Å². The summed E-state index contributed by atoms with van der Waals surface area (Å²) in [5, 5.41) is 17.3. The highest BCUT2D eigenvalue weighted by Gasteiger charge is 2.19. The maximum absolute atomic E-state index is 11.1. The SMILES string of the molecule is Cn1nc(C(=O)O)c2ccc(C3CCCNC3)cc21. The van der Waals surface area contributed by atoms with Crippen molar-refractivity contribution in [3.05, 3.63) is 29.5 Å². The number of nitrogens with one attached hydrogen (secondary N) is 1. The molecule has 1 aliphatic rings. The lowest BCUT2D eigenvalue weighted by Gasteiger charge is -2.23. The summed E-state index contributed by atoms with van der Waals surface area (Å²) in [6.45, 7) is 2.09. The second-order valence-corrected chi connectivity index (χ2v) is 5.10. The molecule has 1 saturated heterocycles. The van der Waals surface area contributed by atoms with E-state index in [1.165, 1.54) is 18.4 Å². The second-order valence-electron chi connectivity index (χ2n) is 5.10. The fraction of sp³-hybridized carbons (Fsp3) is 0.429. The molecule has 1 atom stereocenters. The number of carboxylic acids is 1. The normalized spacial score (nSPS) is 19.7. The van der Waals surface area contributed by atoms with Crippen molar-refractivity contribution in [2.45, 2.75) is 18.8 Å². The summed E-state index contributed by atoms with van der Waals surface area (Å²) in [5.74, 6) is -0.459. The van der Waals surface area contributed by atoms with Gasteiger partial charge in [0, 0.05) is 19.0 Å². The van der Waals surface area contributed by atoms with Gasteiger partial charge >= 0.3 is 5.97 Å². The zero-order valence-corrected chi connectivity index (χ0v) is 10.9. The zero-order valence-electron chi connectivity index (χ0n) is 10.9. The van der Waals surface area contributed by atoms with Crippen LogP contribution in [-0.2, 0) is 7.05 Å². The largest absolute Gasteiger partial charge is 0.476 e. The fourth-order valence-electron chi connectivity index (χ4n) is 2.82. The van der Waals surface area contributed by atoms with E-state index in [2.05, 4.69) is 16.5 Å². The maximum Gasteiger partial charge on any atom is 0.357 e. The van der Waals surface area contributed by atoms with Crippen LogP contribution in [0.5, 0.6) is 0 Å². The lowest BCUT2D eigenvalue weighted by Crippen LogP contribution is -2.28. The molecule has 19 heavy (non-hydrogen) atoms. The predicted molar refractivity (Wildman–Crippen MR) is 72.5 cm³/mol. The highest BCUT2D eigenvalue weighted by atomic mass is 16.4. The Morgan fingerprint density at radius 1 is 1.53 bits per heavy atom. The van der Waals surface area contributed by atoms with Crippen LogP contribution >= 0.6 is 0 Å². The molecule has 1 aromatic heterocycles. The first kappa shape index (κ1) is 12.2. The number of aromatic nitrogens is 2. The van der Waals surface area contributed by atoms with Crippen LogP contribution in [0.15, 0.2) is 18.2 Å². The minimum absolute atomic E-state index is 0.130. The molecule has 2 aromatic rings. The van der Waals surface area contributed by atoms with Gasteiger partial charge in [-0.2, -0.15) is 5.10 Å². The number of hydrogen-bond donors (Lipinski definition) is 2. The number of aromatic carboxylic acids is 1. The third kappa shape index (κ3) is 2.10. The van der Waals surface area contributed by atoms with Crippen molar-refractivity contribution in [1.82, 2.24) is 15.1 Å². The number of nitrogens with zero attached hydrogens (tertiary/aromatic N) is 2. The molecule has 3 rings (SSSR count). The standard InChI is InChI=1S/C14H17N3O2/c1-17-12-7-9(10-3-2-6-15-8-10)4-5-11(12)13(16-17)14(18)19/h4-5,7,10,15H,2-3,6,8H2,1H3,(H,18,19). The van der Waals surface area contributed by atoms with Crippen molar-refractivity contribution in [3.8, 4) is 0 Å². The molecule has 2 N–H and O–H groups in total. The zero-order chi connectivity index (χ0) is 13.4. The third-order valence-corrected chi connectivity index (χ3v) is 3.85. The van der Waals surface area contributed by atoms with Crippen molar-refractivity contribution in [3.63, 3.8) is 0 Å². The maximum atomic E-state index is 11.1. The minimum Gasteiger partial charge on any atom is -0.476 e. The molecule has 0 radical (unpaired) electrons. The van der Waals surface area contributed by atoms with Crippen LogP contribution in [0, 0.1) is 0 Å². The molecule has 1 fully saturated rings. The van der Waals surface area contributed by atoms with E-state index in [0.29, 0.717) is 11.3 Å². The number of rotatable bonds is 2. The average Bonchev–Trinajstić information content (AvgIpc) is 2.77. The first-order chi connectivity index (χ1) is 9.16. The van der Waals surface area contributed by atoms with E-state index in [1.54, 1.807) is 11.7 Å². The van der Waals surface area contributed by atoms with E-state index >= 15 is 0 Å². The smallest absolute Gasteiger partial charge is 0.357 e. The predicted octanol–water partition coefficient (Wildman–Crippen LogP) is 1.74. The van der Waals surface area contributed by atoms with E-state index in [0.717, 1.165) is 18.6 Å². The first-order valence-electron chi connectivity index (χ1n) is 6.57. The summed E-state index contributed by atoms with van der Waals surface area (Å²) in [6, 6.07) is 6.00. The first-order valence-corrected chi connectivity index (χ1v) is 6.57. The summed E-state index contributed by atoms with van der Waals surface area (Å²) in [5.41, 5.74) is 2.28. The van der Waals surface area contributed by atoms with Crippen molar-refractivity contribution in [2.75, 3.05) is 13.1 Å². The Bertz CT molecular complexity index is 627. The Balaban J connectivity index is 2.05. The number of hydrogen-bond acceptors (Lipinski definition) is 3. The molecular weight excluding hydrogens is 242 g/mol. The molecule has 0 bridgehead atoms. The fourth-order valence-corrected chi connectivity index (χ4v) is 2.82. The number of benzene rings is 1. The van der Waals surface area contributed by atoms with Crippen molar-refractivity contribution in [2.24, 2.45) is 7.05 Å². The van der Waals surface area contributed by atoms with Gasteiger partial charge in [0.25, 0.3) is 0 Å². The molecule has 0 spiro atoms. The molecule has 1 aliphatic heterocycles. The van der Waals surface area contributed by atoms with Gasteiger partial charge in [0.1, 0.15) is 0 Å². The number of fused-ring (bicyclic) bond motifs is 1. The van der Waals surface area contributed by atoms with Crippen LogP contribution in [-0.4, -0.2) is 33.9 Å². The number of piperidine rings is 1. The lowest BCUT2D eigenvalue weighted by atomic mass is 9.91. The van der Waals surface area contributed by atoms with Gasteiger partial charge in [-0.25, -0.2) is 4.79 Å². The van der Waals surface area contributed by atoms with Crippen LogP contribution in [0.3, 0.4) is 0 Å². The Kier molecular flexibility index (Phi) is 2.98. The van der Waals surface area contributed by atoms with Crippen LogP contribution in [0.2, 0.25) is 0 Å². The Morgan fingerprint density at radius 3 is 3.05 bits per heavy atom. The average molecular weight is 259 g/mol. The Morgan fingerprint density at radius 2 is 2.37 bits per heavy atom. The number of carboxylic acid groups (broad SMARTS) is 1. The molecule has 0 amide bonds. The quantitative estimate of drug-likeness (QED) is 0.862. The third-order valence-electron chi connectivity index (χ3n) is 3.85. The van der Waals surface area contributed by atoms with Crippen molar-refractivity contribution < 1.29 is 9.90 Å².